The molecular formula is C17H13ClFNOS. The molecule has 5 heteroatoms. The summed E-state index contributed by atoms with van der Waals surface area (Å²) in [6.45, 7) is 3.89. The van der Waals surface area contributed by atoms with Crippen LogP contribution in [0.5, 0.6) is 0 Å². The second kappa shape index (κ2) is 5.71. The van der Waals surface area contributed by atoms with E-state index in [-0.39, 0.29) is 11.7 Å². The van der Waals surface area contributed by atoms with Gasteiger partial charge >= 0.3 is 0 Å². The Morgan fingerprint density at radius 2 is 1.95 bits per heavy atom. The minimum Gasteiger partial charge on any atom is -0.321 e. The molecule has 22 heavy (non-hydrogen) atoms. The van der Waals surface area contributed by atoms with Gasteiger partial charge in [0.2, 0.25) is 0 Å². The van der Waals surface area contributed by atoms with Gasteiger partial charge in [-0.3, -0.25) is 4.79 Å². The number of thiophene rings is 1. The van der Waals surface area contributed by atoms with Crippen LogP contribution in [0.1, 0.15) is 20.8 Å². The molecule has 3 aromatic rings. The molecule has 1 heterocycles. The lowest BCUT2D eigenvalue weighted by molar-refractivity contribution is 0.103. The monoisotopic (exact) mass is 333 g/mol. The predicted octanol–water partition coefficient (Wildman–Crippen LogP) is 5.56. The molecule has 0 saturated carbocycles. The topological polar surface area (TPSA) is 29.1 Å². The van der Waals surface area contributed by atoms with Crippen LogP contribution in [0.3, 0.4) is 0 Å². The zero-order chi connectivity index (χ0) is 15.9. The molecule has 0 aliphatic heterocycles. The van der Waals surface area contributed by atoms with E-state index in [0.717, 1.165) is 16.8 Å². The Hall–Kier alpha value is -1.91. The van der Waals surface area contributed by atoms with E-state index in [4.69, 9.17) is 11.6 Å². The first-order valence-corrected chi connectivity index (χ1v) is 7.91. The fourth-order valence-corrected chi connectivity index (χ4v) is 3.67. The number of carbonyl (C=O) groups is 1. The van der Waals surface area contributed by atoms with Gasteiger partial charge in [-0.15, -0.1) is 11.3 Å². The number of anilines is 1. The number of nitrogens with one attached hydrogen (secondary N) is 1. The SMILES string of the molecule is Cc1ccc(C)c(NC(=O)c2sc3cc(F)ccc3c2Cl)c1. The number of carbonyl (C=O) groups excluding carboxylic acids is 1. The molecule has 2 aromatic carbocycles. The number of rotatable bonds is 2. The predicted molar refractivity (Wildman–Crippen MR) is 90.7 cm³/mol. The lowest BCUT2D eigenvalue weighted by Gasteiger charge is -2.08. The average Bonchev–Trinajstić information content (AvgIpc) is 2.79. The fourth-order valence-electron chi connectivity index (χ4n) is 2.23. The number of halogens is 2. The molecule has 0 spiro atoms. The third kappa shape index (κ3) is 2.72. The van der Waals surface area contributed by atoms with E-state index in [9.17, 15) is 9.18 Å². The summed E-state index contributed by atoms with van der Waals surface area (Å²) >= 11 is 7.46. The van der Waals surface area contributed by atoms with Crippen molar-refractivity contribution in [3.8, 4) is 0 Å². The molecule has 0 atom stereocenters. The normalized spacial score (nSPS) is 10.9. The summed E-state index contributed by atoms with van der Waals surface area (Å²) in [4.78, 5) is 12.9. The molecule has 1 amide bonds. The molecule has 0 aliphatic carbocycles. The quantitative estimate of drug-likeness (QED) is 0.653. The average molecular weight is 334 g/mol. The van der Waals surface area contributed by atoms with Crippen molar-refractivity contribution in [3.05, 3.63) is 63.2 Å². The molecule has 0 fully saturated rings. The number of amides is 1. The zero-order valence-electron chi connectivity index (χ0n) is 12.0. The van der Waals surface area contributed by atoms with Crippen LogP contribution in [-0.4, -0.2) is 5.91 Å². The third-order valence-corrected chi connectivity index (χ3v) is 5.09. The molecule has 2 nitrogen and oxygen atoms in total. The highest BCUT2D eigenvalue weighted by Crippen LogP contribution is 2.36. The molecule has 112 valence electrons. The van der Waals surface area contributed by atoms with Crippen LogP contribution in [0, 0.1) is 19.7 Å². The van der Waals surface area contributed by atoms with Crippen LogP contribution in [0.2, 0.25) is 5.02 Å². The van der Waals surface area contributed by atoms with Gasteiger partial charge in [-0.1, -0.05) is 23.7 Å². The summed E-state index contributed by atoms with van der Waals surface area (Å²) in [5.41, 5.74) is 2.79. The van der Waals surface area contributed by atoms with Crippen LogP contribution in [0.4, 0.5) is 10.1 Å². The molecule has 0 unspecified atom stereocenters. The number of benzene rings is 2. The molecular weight excluding hydrogens is 321 g/mol. The minimum absolute atomic E-state index is 0.277. The van der Waals surface area contributed by atoms with Gasteiger partial charge in [0.25, 0.3) is 5.91 Å². The number of fused-ring (bicyclic) bond motifs is 1. The van der Waals surface area contributed by atoms with Gasteiger partial charge in [-0.25, -0.2) is 4.39 Å². The largest absolute Gasteiger partial charge is 0.321 e. The second-order valence-electron chi connectivity index (χ2n) is 5.16. The van der Waals surface area contributed by atoms with Gasteiger partial charge in [0.15, 0.2) is 0 Å². The molecule has 1 N–H and O–H groups in total. The van der Waals surface area contributed by atoms with E-state index in [1.807, 2.05) is 32.0 Å². The Morgan fingerprint density at radius 3 is 2.73 bits per heavy atom. The van der Waals surface area contributed by atoms with Gasteiger partial charge in [-0.2, -0.15) is 0 Å². The molecule has 0 radical (unpaired) electrons. The zero-order valence-corrected chi connectivity index (χ0v) is 13.6. The number of aryl methyl sites for hydroxylation is 2. The molecule has 0 saturated heterocycles. The first kappa shape index (κ1) is 15.0. The van der Waals surface area contributed by atoms with Crippen LogP contribution in [-0.2, 0) is 0 Å². The summed E-state index contributed by atoms with van der Waals surface area (Å²) in [6, 6.07) is 10.2. The Balaban J connectivity index is 1.98. The van der Waals surface area contributed by atoms with Crippen molar-refractivity contribution in [2.45, 2.75) is 13.8 Å². The van der Waals surface area contributed by atoms with Gasteiger partial charge in [0, 0.05) is 15.8 Å². The summed E-state index contributed by atoms with van der Waals surface area (Å²) in [5.74, 6) is -0.618. The Morgan fingerprint density at radius 1 is 1.18 bits per heavy atom. The maximum atomic E-state index is 13.3. The third-order valence-electron chi connectivity index (χ3n) is 3.44. The highest BCUT2D eigenvalue weighted by molar-refractivity contribution is 7.21. The van der Waals surface area contributed by atoms with Gasteiger partial charge in [-0.05, 0) is 49.2 Å². The van der Waals surface area contributed by atoms with Gasteiger partial charge < -0.3 is 5.32 Å². The Bertz CT molecular complexity index is 888. The highest BCUT2D eigenvalue weighted by Gasteiger charge is 2.18. The standard InChI is InChI=1S/C17H13ClFNOS/c1-9-3-4-10(2)13(7-9)20-17(21)16-15(18)12-6-5-11(19)8-14(12)22-16/h3-8H,1-2H3,(H,20,21). The van der Waals surface area contributed by atoms with E-state index < -0.39 is 0 Å². The first-order chi connectivity index (χ1) is 10.5. The Kier molecular flexibility index (Phi) is 3.89. The molecule has 0 bridgehead atoms. The smallest absolute Gasteiger partial charge is 0.267 e. The van der Waals surface area contributed by atoms with Gasteiger partial charge in [0.05, 0.1) is 5.02 Å². The van der Waals surface area contributed by atoms with Crippen LogP contribution >= 0.6 is 22.9 Å². The molecule has 3 rings (SSSR count). The van der Waals surface area contributed by atoms with Crippen molar-refractivity contribution in [2.75, 3.05) is 5.32 Å². The summed E-state index contributed by atoms with van der Waals surface area (Å²) in [6.07, 6.45) is 0. The number of hydrogen-bond acceptors (Lipinski definition) is 2. The fraction of sp³-hybridized carbons (Fsp3) is 0.118. The van der Waals surface area contributed by atoms with E-state index in [1.165, 1.54) is 23.5 Å². The molecule has 1 aromatic heterocycles. The number of hydrogen-bond donors (Lipinski definition) is 1. The maximum absolute atomic E-state index is 13.3. The van der Waals surface area contributed by atoms with Crippen molar-refractivity contribution in [3.63, 3.8) is 0 Å². The second-order valence-corrected chi connectivity index (χ2v) is 6.59. The molecule has 0 aliphatic rings. The van der Waals surface area contributed by atoms with Crippen molar-refractivity contribution in [1.29, 1.82) is 0 Å². The summed E-state index contributed by atoms with van der Waals surface area (Å²) in [7, 11) is 0. The van der Waals surface area contributed by atoms with Gasteiger partial charge in [0.1, 0.15) is 10.7 Å². The maximum Gasteiger partial charge on any atom is 0.267 e. The van der Waals surface area contributed by atoms with E-state index in [1.54, 1.807) is 6.07 Å². The summed E-state index contributed by atoms with van der Waals surface area (Å²) in [5, 5.41) is 3.93. The lowest BCUT2D eigenvalue weighted by atomic mass is 10.1. The van der Waals surface area contributed by atoms with Crippen molar-refractivity contribution in [2.24, 2.45) is 0 Å². The van der Waals surface area contributed by atoms with Crippen molar-refractivity contribution >= 4 is 44.6 Å². The van der Waals surface area contributed by atoms with E-state index in [0.29, 0.717) is 20.0 Å². The van der Waals surface area contributed by atoms with E-state index in [2.05, 4.69) is 5.32 Å². The minimum atomic E-state index is -0.341. The highest BCUT2D eigenvalue weighted by atomic mass is 35.5. The van der Waals surface area contributed by atoms with Crippen LogP contribution in [0.15, 0.2) is 36.4 Å². The summed E-state index contributed by atoms with van der Waals surface area (Å²) < 4.78 is 13.9. The lowest BCUT2D eigenvalue weighted by Crippen LogP contribution is -2.11. The van der Waals surface area contributed by atoms with Crippen molar-refractivity contribution < 1.29 is 9.18 Å². The first-order valence-electron chi connectivity index (χ1n) is 6.72. The van der Waals surface area contributed by atoms with Crippen LogP contribution in [0.25, 0.3) is 10.1 Å². The Labute approximate surface area is 136 Å². The van der Waals surface area contributed by atoms with Crippen molar-refractivity contribution in [1.82, 2.24) is 0 Å². The van der Waals surface area contributed by atoms with E-state index >= 15 is 0 Å². The van der Waals surface area contributed by atoms with Crippen LogP contribution < -0.4 is 5.32 Å².